The zero-order valence-corrected chi connectivity index (χ0v) is 11.2. The molecule has 0 heterocycles. The molecular formula is C15H19ClFN. The van der Waals surface area contributed by atoms with Gasteiger partial charge in [0.1, 0.15) is 5.82 Å². The fraction of sp³-hybridized carbons (Fsp3) is 0.467. The second kappa shape index (κ2) is 6.35. The minimum atomic E-state index is -0.302. The first-order valence-electron chi connectivity index (χ1n) is 6.56. The van der Waals surface area contributed by atoms with E-state index in [1.165, 1.54) is 49.8 Å². The van der Waals surface area contributed by atoms with Gasteiger partial charge in [-0.15, -0.1) is 0 Å². The molecule has 0 bridgehead atoms. The number of halogens is 2. The average Bonchev–Trinajstić information content (AvgIpc) is 2.39. The van der Waals surface area contributed by atoms with Crippen LogP contribution in [0.2, 0.25) is 5.02 Å². The minimum Gasteiger partial charge on any atom is -0.327 e. The highest BCUT2D eigenvalue weighted by Crippen LogP contribution is 2.31. The molecule has 0 radical (unpaired) electrons. The predicted molar refractivity (Wildman–Crippen MR) is 75.0 cm³/mol. The van der Waals surface area contributed by atoms with E-state index in [2.05, 4.69) is 0 Å². The predicted octanol–water partition coefficient (Wildman–Crippen LogP) is 4.40. The zero-order chi connectivity index (χ0) is 13.0. The van der Waals surface area contributed by atoms with Gasteiger partial charge in [0.25, 0.3) is 0 Å². The molecule has 1 nitrogen and oxygen atoms in total. The summed E-state index contributed by atoms with van der Waals surface area (Å²) in [5.74, 6) is 0.272. The maximum absolute atomic E-state index is 13.0. The molecule has 0 amide bonds. The molecule has 1 fully saturated rings. The van der Waals surface area contributed by atoms with Crippen LogP contribution in [0.3, 0.4) is 0 Å². The molecule has 2 rings (SSSR count). The highest BCUT2D eigenvalue weighted by Gasteiger charge is 2.17. The van der Waals surface area contributed by atoms with E-state index in [1.54, 1.807) is 6.07 Å². The summed E-state index contributed by atoms with van der Waals surface area (Å²) in [5, 5.41) is 0.455. The fourth-order valence-corrected chi connectivity index (χ4v) is 2.86. The Bertz CT molecular complexity index is 436. The first-order valence-corrected chi connectivity index (χ1v) is 6.94. The van der Waals surface area contributed by atoms with Crippen LogP contribution in [0.15, 0.2) is 23.8 Å². The highest BCUT2D eigenvalue weighted by atomic mass is 35.5. The molecule has 2 N–H and O–H groups in total. The molecule has 0 unspecified atom stereocenters. The molecular weight excluding hydrogens is 249 g/mol. The van der Waals surface area contributed by atoms with E-state index in [-0.39, 0.29) is 5.82 Å². The molecule has 3 heteroatoms. The molecule has 1 saturated carbocycles. The molecule has 1 aromatic carbocycles. The van der Waals surface area contributed by atoms with Gasteiger partial charge in [-0.1, -0.05) is 48.6 Å². The summed E-state index contributed by atoms with van der Waals surface area (Å²) in [6.45, 7) is 0.554. The van der Waals surface area contributed by atoms with Crippen molar-refractivity contribution in [3.63, 3.8) is 0 Å². The highest BCUT2D eigenvalue weighted by molar-refractivity contribution is 6.32. The summed E-state index contributed by atoms with van der Waals surface area (Å²) in [7, 11) is 0. The van der Waals surface area contributed by atoms with Gasteiger partial charge in [-0.05, 0) is 36.5 Å². The monoisotopic (exact) mass is 267 g/mol. The Kier molecular flexibility index (Phi) is 4.79. The maximum atomic E-state index is 13.0. The van der Waals surface area contributed by atoms with Crippen molar-refractivity contribution in [3.8, 4) is 0 Å². The summed E-state index contributed by atoms with van der Waals surface area (Å²) in [4.78, 5) is 0. The Morgan fingerprint density at radius 1 is 1.33 bits per heavy atom. The van der Waals surface area contributed by atoms with Crippen LogP contribution in [0.1, 0.15) is 37.7 Å². The lowest BCUT2D eigenvalue weighted by molar-refractivity contribution is 0.401. The lowest BCUT2D eigenvalue weighted by Crippen LogP contribution is -2.16. The number of hydrogen-bond acceptors (Lipinski definition) is 1. The summed E-state index contributed by atoms with van der Waals surface area (Å²) in [5.41, 5.74) is 7.95. The van der Waals surface area contributed by atoms with Crippen LogP contribution in [0, 0.1) is 11.7 Å². The third-order valence-electron chi connectivity index (χ3n) is 3.67. The Morgan fingerprint density at radius 3 is 2.67 bits per heavy atom. The largest absolute Gasteiger partial charge is 0.327 e. The summed E-state index contributed by atoms with van der Waals surface area (Å²) >= 11 is 6.04. The van der Waals surface area contributed by atoms with Crippen LogP contribution in [-0.4, -0.2) is 6.54 Å². The Morgan fingerprint density at radius 2 is 2.06 bits per heavy atom. The van der Waals surface area contributed by atoms with Gasteiger partial charge >= 0.3 is 0 Å². The first-order chi connectivity index (χ1) is 8.70. The van der Waals surface area contributed by atoms with Gasteiger partial charge in [0.15, 0.2) is 0 Å². The molecule has 98 valence electrons. The Balaban J connectivity index is 2.22. The van der Waals surface area contributed by atoms with E-state index < -0.39 is 0 Å². The van der Waals surface area contributed by atoms with Crippen molar-refractivity contribution in [1.82, 2.24) is 0 Å². The van der Waals surface area contributed by atoms with Crippen LogP contribution in [0.25, 0.3) is 6.08 Å². The van der Waals surface area contributed by atoms with Crippen LogP contribution in [0.5, 0.6) is 0 Å². The van der Waals surface area contributed by atoms with Crippen LogP contribution >= 0.6 is 11.6 Å². The Labute approximate surface area is 113 Å². The van der Waals surface area contributed by atoms with Crippen molar-refractivity contribution in [1.29, 1.82) is 0 Å². The summed E-state index contributed by atoms with van der Waals surface area (Å²) in [6, 6.07) is 4.51. The van der Waals surface area contributed by atoms with E-state index >= 15 is 0 Å². The van der Waals surface area contributed by atoms with Gasteiger partial charge < -0.3 is 5.73 Å². The first kappa shape index (κ1) is 13.6. The number of benzene rings is 1. The second-order valence-corrected chi connectivity index (χ2v) is 5.33. The standard InChI is InChI=1S/C15H19ClFN/c16-15-9-14(17)7-6-12(15)8-13(10-18)11-4-2-1-3-5-11/h6-9,11H,1-5,10,18H2/b13-8-. The van der Waals surface area contributed by atoms with E-state index in [1.807, 2.05) is 6.08 Å². The Hall–Kier alpha value is -0.860. The average molecular weight is 268 g/mol. The number of rotatable bonds is 3. The van der Waals surface area contributed by atoms with Crippen molar-refractivity contribution in [3.05, 3.63) is 40.2 Å². The molecule has 1 aliphatic carbocycles. The summed E-state index contributed by atoms with van der Waals surface area (Å²) < 4.78 is 13.0. The van der Waals surface area contributed by atoms with E-state index in [0.717, 1.165) is 5.56 Å². The fourth-order valence-electron chi connectivity index (χ4n) is 2.64. The SMILES string of the molecule is NC/C(=C/c1ccc(F)cc1Cl)C1CCCCC1. The topological polar surface area (TPSA) is 26.0 Å². The van der Waals surface area contributed by atoms with Crippen molar-refractivity contribution in [2.24, 2.45) is 11.7 Å². The van der Waals surface area contributed by atoms with Crippen LogP contribution in [0.4, 0.5) is 4.39 Å². The van der Waals surface area contributed by atoms with Crippen LogP contribution in [-0.2, 0) is 0 Å². The van der Waals surface area contributed by atoms with Gasteiger partial charge in [0, 0.05) is 6.54 Å². The van der Waals surface area contributed by atoms with Crippen molar-refractivity contribution in [2.75, 3.05) is 6.54 Å². The lowest BCUT2D eigenvalue weighted by Gasteiger charge is -2.24. The van der Waals surface area contributed by atoms with E-state index in [9.17, 15) is 4.39 Å². The molecule has 0 aliphatic heterocycles. The molecule has 18 heavy (non-hydrogen) atoms. The third-order valence-corrected chi connectivity index (χ3v) is 4.00. The quantitative estimate of drug-likeness (QED) is 0.863. The molecule has 0 atom stereocenters. The van der Waals surface area contributed by atoms with Crippen molar-refractivity contribution < 1.29 is 4.39 Å². The van der Waals surface area contributed by atoms with Gasteiger partial charge in [0.2, 0.25) is 0 Å². The van der Waals surface area contributed by atoms with Gasteiger partial charge in [-0.25, -0.2) is 4.39 Å². The number of nitrogens with two attached hydrogens (primary N) is 1. The molecule has 0 aromatic heterocycles. The molecule has 1 aliphatic rings. The second-order valence-electron chi connectivity index (χ2n) is 4.92. The lowest BCUT2D eigenvalue weighted by atomic mass is 9.83. The van der Waals surface area contributed by atoms with Crippen molar-refractivity contribution in [2.45, 2.75) is 32.1 Å². The maximum Gasteiger partial charge on any atom is 0.124 e. The third kappa shape index (κ3) is 3.33. The zero-order valence-electron chi connectivity index (χ0n) is 10.5. The van der Waals surface area contributed by atoms with Gasteiger partial charge in [0.05, 0.1) is 5.02 Å². The normalized spacial score (nSPS) is 18.1. The van der Waals surface area contributed by atoms with Gasteiger partial charge in [-0.2, -0.15) is 0 Å². The molecule has 0 spiro atoms. The number of hydrogen-bond donors (Lipinski definition) is 1. The smallest absolute Gasteiger partial charge is 0.124 e. The minimum absolute atomic E-state index is 0.302. The van der Waals surface area contributed by atoms with Crippen molar-refractivity contribution >= 4 is 17.7 Å². The van der Waals surface area contributed by atoms with E-state index in [4.69, 9.17) is 17.3 Å². The van der Waals surface area contributed by atoms with Crippen LogP contribution < -0.4 is 5.73 Å². The summed E-state index contributed by atoms with van der Waals surface area (Å²) in [6.07, 6.45) is 8.34. The molecule has 1 aromatic rings. The molecule has 0 saturated heterocycles. The van der Waals surface area contributed by atoms with E-state index in [0.29, 0.717) is 17.5 Å². The van der Waals surface area contributed by atoms with Gasteiger partial charge in [-0.3, -0.25) is 0 Å².